The second kappa shape index (κ2) is 6.46. The number of piperidine rings is 1. The molecule has 3 nitrogen and oxygen atoms in total. The van der Waals surface area contributed by atoms with Crippen LogP contribution in [0.2, 0.25) is 0 Å². The predicted octanol–water partition coefficient (Wildman–Crippen LogP) is 2.99. The second-order valence-electron chi connectivity index (χ2n) is 7.24. The molecule has 0 spiro atoms. The normalized spacial score (nSPS) is 35.1. The molecule has 2 saturated carbocycles. The molecule has 0 aromatic heterocycles. The maximum Gasteiger partial charge on any atom is 0.237 e. The Morgan fingerprint density at radius 3 is 2.70 bits per heavy atom. The standard InChI is InChI=1S/C17H30N2O/c1-2-14(11-12-7-8-12)18-17(20)16-10-9-13-5-3-4-6-15(13)19-16/h12-16,19H,2-11H2,1H3,(H,18,20). The highest BCUT2D eigenvalue weighted by Gasteiger charge is 2.35. The fourth-order valence-electron chi connectivity index (χ4n) is 4.09. The molecule has 0 bridgehead atoms. The number of fused-ring (bicyclic) bond motifs is 1. The SMILES string of the molecule is CCC(CC1CC1)NC(=O)C1CCC2CCCCC2N1. The van der Waals surface area contributed by atoms with Crippen LogP contribution in [0.5, 0.6) is 0 Å². The van der Waals surface area contributed by atoms with E-state index in [1.54, 1.807) is 0 Å². The Hall–Kier alpha value is -0.570. The number of hydrogen-bond acceptors (Lipinski definition) is 2. The molecule has 114 valence electrons. The summed E-state index contributed by atoms with van der Waals surface area (Å²) in [6.45, 7) is 2.19. The van der Waals surface area contributed by atoms with E-state index in [1.165, 1.54) is 51.4 Å². The van der Waals surface area contributed by atoms with Crippen LogP contribution in [0, 0.1) is 11.8 Å². The molecule has 2 N–H and O–H groups in total. The summed E-state index contributed by atoms with van der Waals surface area (Å²) in [4.78, 5) is 12.5. The molecule has 0 radical (unpaired) electrons. The molecule has 4 unspecified atom stereocenters. The van der Waals surface area contributed by atoms with Gasteiger partial charge in [0, 0.05) is 12.1 Å². The Kier molecular flexibility index (Phi) is 4.65. The minimum absolute atomic E-state index is 0.0719. The Bertz CT molecular complexity index is 340. The smallest absolute Gasteiger partial charge is 0.237 e. The first-order chi connectivity index (χ1) is 9.76. The van der Waals surface area contributed by atoms with Gasteiger partial charge in [0.05, 0.1) is 6.04 Å². The van der Waals surface area contributed by atoms with Gasteiger partial charge in [-0.1, -0.05) is 32.6 Å². The Morgan fingerprint density at radius 2 is 1.95 bits per heavy atom. The maximum atomic E-state index is 12.5. The van der Waals surface area contributed by atoms with E-state index in [0.29, 0.717) is 12.1 Å². The van der Waals surface area contributed by atoms with E-state index in [9.17, 15) is 4.79 Å². The Morgan fingerprint density at radius 1 is 1.15 bits per heavy atom. The average molecular weight is 278 g/mol. The molecule has 1 aliphatic heterocycles. The third kappa shape index (κ3) is 3.55. The minimum atomic E-state index is 0.0719. The van der Waals surface area contributed by atoms with Crippen molar-refractivity contribution in [3.8, 4) is 0 Å². The molecule has 0 aromatic carbocycles. The van der Waals surface area contributed by atoms with E-state index in [4.69, 9.17) is 0 Å². The highest BCUT2D eigenvalue weighted by atomic mass is 16.2. The van der Waals surface area contributed by atoms with E-state index in [1.807, 2.05) is 0 Å². The zero-order valence-corrected chi connectivity index (χ0v) is 12.9. The third-order valence-corrected chi connectivity index (χ3v) is 5.62. The summed E-state index contributed by atoms with van der Waals surface area (Å²) in [6, 6.07) is 1.08. The molecule has 3 aliphatic rings. The molecule has 2 aliphatic carbocycles. The molecular weight excluding hydrogens is 248 g/mol. The topological polar surface area (TPSA) is 41.1 Å². The maximum absolute atomic E-state index is 12.5. The Balaban J connectivity index is 1.48. The summed E-state index contributed by atoms with van der Waals surface area (Å²) in [5.41, 5.74) is 0. The van der Waals surface area contributed by atoms with Crippen LogP contribution in [0.1, 0.15) is 71.1 Å². The lowest BCUT2D eigenvalue weighted by atomic mass is 9.77. The number of amides is 1. The van der Waals surface area contributed by atoms with Crippen molar-refractivity contribution in [2.45, 2.75) is 89.3 Å². The van der Waals surface area contributed by atoms with E-state index in [2.05, 4.69) is 17.6 Å². The van der Waals surface area contributed by atoms with Crippen LogP contribution in [0.3, 0.4) is 0 Å². The van der Waals surface area contributed by atoms with Crippen molar-refractivity contribution in [1.29, 1.82) is 0 Å². The van der Waals surface area contributed by atoms with Crippen molar-refractivity contribution >= 4 is 5.91 Å². The third-order valence-electron chi connectivity index (χ3n) is 5.62. The lowest BCUT2D eigenvalue weighted by molar-refractivity contribution is -0.125. The molecule has 20 heavy (non-hydrogen) atoms. The van der Waals surface area contributed by atoms with Gasteiger partial charge in [0.25, 0.3) is 0 Å². The van der Waals surface area contributed by atoms with Gasteiger partial charge >= 0.3 is 0 Å². The Labute approximate surface area is 123 Å². The average Bonchev–Trinajstić information content (AvgIpc) is 3.30. The van der Waals surface area contributed by atoms with Crippen LogP contribution >= 0.6 is 0 Å². The van der Waals surface area contributed by atoms with Gasteiger partial charge in [0.2, 0.25) is 5.91 Å². The van der Waals surface area contributed by atoms with Crippen LogP contribution < -0.4 is 10.6 Å². The summed E-state index contributed by atoms with van der Waals surface area (Å²) in [6.07, 6.45) is 12.7. The van der Waals surface area contributed by atoms with Crippen LogP contribution in [0.15, 0.2) is 0 Å². The highest BCUT2D eigenvalue weighted by Crippen LogP contribution is 2.34. The van der Waals surface area contributed by atoms with Gasteiger partial charge in [-0.3, -0.25) is 4.79 Å². The largest absolute Gasteiger partial charge is 0.352 e. The summed E-state index contributed by atoms with van der Waals surface area (Å²) in [5.74, 6) is 1.99. The van der Waals surface area contributed by atoms with Crippen molar-refractivity contribution in [1.82, 2.24) is 10.6 Å². The number of nitrogens with one attached hydrogen (secondary N) is 2. The minimum Gasteiger partial charge on any atom is -0.352 e. The number of rotatable bonds is 5. The van der Waals surface area contributed by atoms with Crippen molar-refractivity contribution in [3.63, 3.8) is 0 Å². The molecule has 4 atom stereocenters. The first-order valence-corrected chi connectivity index (χ1v) is 8.82. The van der Waals surface area contributed by atoms with Gasteiger partial charge in [0.15, 0.2) is 0 Å². The zero-order valence-electron chi connectivity index (χ0n) is 12.9. The quantitative estimate of drug-likeness (QED) is 0.811. The zero-order chi connectivity index (χ0) is 13.9. The van der Waals surface area contributed by atoms with Crippen molar-refractivity contribution in [3.05, 3.63) is 0 Å². The number of carbonyl (C=O) groups is 1. The van der Waals surface area contributed by atoms with E-state index < -0.39 is 0 Å². The monoisotopic (exact) mass is 278 g/mol. The first kappa shape index (κ1) is 14.4. The fraction of sp³-hybridized carbons (Fsp3) is 0.941. The van der Waals surface area contributed by atoms with Crippen molar-refractivity contribution < 1.29 is 4.79 Å². The predicted molar refractivity (Wildman–Crippen MR) is 81.5 cm³/mol. The van der Waals surface area contributed by atoms with Gasteiger partial charge in [-0.15, -0.1) is 0 Å². The van der Waals surface area contributed by atoms with Crippen LogP contribution in [-0.2, 0) is 4.79 Å². The van der Waals surface area contributed by atoms with Crippen molar-refractivity contribution in [2.24, 2.45) is 11.8 Å². The van der Waals surface area contributed by atoms with Crippen molar-refractivity contribution in [2.75, 3.05) is 0 Å². The van der Waals surface area contributed by atoms with E-state index in [-0.39, 0.29) is 11.9 Å². The molecule has 1 saturated heterocycles. The lowest BCUT2D eigenvalue weighted by Gasteiger charge is -2.40. The number of carbonyl (C=O) groups excluding carboxylic acids is 1. The molecule has 3 heteroatoms. The van der Waals surface area contributed by atoms with Gasteiger partial charge < -0.3 is 10.6 Å². The second-order valence-corrected chi connectivity index (χ2v) is 7.24. The van der Waals surface area contributed by atoms with E-state index in [0.717, 1.165) is 24.7 Å². The molecular formula is C17H30N2O. The van der Waals surface area contributed by atoms with Gasteiger partial charge in [0.1, 0.15) is 0 Å². The van der Waals surface area contributed by atoms with Gasteiger partial charge in [-0.2, -0.15) is 0 Å². The summed E-state index contributed by atoms with van der Waals surface area (Å²) < 4.78 is 0. The van der Waals surface area contributed by atoms with Crippen LogP contribution in [0.4, 0.5) is 0 Å². The van der Waals surface area contributed by atoms with Crippen LogP contribution in [0.25, 0.3) is 0 Å². The van der Waals surface area contributed by atoms with Gasteiger partial charge in [-0.25, -0.2) is 0 Å². The number of hydrogen-bond donors (Lipinski definition) is 2. The van der Waals surface area contributed by atoms with Crippen LogP contribution in [-0.4, -0.2) is 24.0 Å². The molecule has 1 amide bonds. The summed E-state index contributed by atoms with van der Waals surface area (Å²) in [7, 11) is 0. The highest BCUT2D eigenvalue weighted by molar-refractivity contribution is 5.82. The summed E-state index contributed by atoms with van der Waals surface area (Å²) >= 11 is 0. The summed E-state index contributed by atoms with van der Waals surface area (Å²) in [5, 5.41) is 6.94. The molecule has 0 aromatic rings. The van der Waals surface area contributed by atoms with Gasteiger partial charge in [-0.05, 0) is 50.4 Å². The lowest BCUT2D eigenvalue weighted by Crippen LogP contribution is -2.56. The fourth-order valence-corrected chi connectivity index (χ4v) is 4.09. The van der Waals surface area contributed by atoms with E-state index >= 15 is 0 Å². The molecule has 1 heterocycles. The molecule has 3 fully saturated rings. The first-order valence-electron chi connectivity index (χ1n) is 8.82. The molecule has 3 rings (SSSR count).